The molecule has 1 aliphatic rings. The van der Waals surface area contributed by atoms with Gasteiger partial charge >= 0.3 is 0 Å². The predicted octanol–water partition coefficient (Wildman–Crippen LogP) is 2.15. The van der Waals surface area contributed by atoms with Crippen LogP contribution in [0, 0.1) is 0 Å². The molecule has 0 spiro atoms. The molecular weight excluding hydrogens is 238 g/mol. The standard InChI is InChI=1S/C14H17N5/c1-2-8-18(9-3-1)14-6-4-13(5-7-14)10-17-19-11-15-16-12-19/h4-7,10-12H,1-3,8-9H2/b17-10-. The van der Waals surface area contributed by atoms with Crippen molar-refractivity contribution >= 4 is 11.9 Å². The summed E-state index contributed by atoms with van der Waals surface area (Å²) in [5.74, 6) is 0. The highest BCUT2D eigenvalue weighted by Gasteiger charge is 2.09. The lowest BCUT2D eigenvalue weighted by atomic mass is 10.1. The largest absolute Gasteiger partial charge is 0.372 e. The molecule has 0 amide bonds. The zero-order valence-electron chi connectivity index (χ0n) is 10.8. The van der Waals surface area contributed by atoms with Crippen LogP contribution in [0.25, 0.3) is 0 Å². The number of nitrogens with zero attached hydrogens (tertiary/aromatic N) is 5. The molecule has 0 atom stereocenters. The first-order chi connectivity index (χ1) is 9.42. The molecule has 98 valence electrons. The van der Waals surface area contributed by atoms with Crippen molar-refractivity contribution in [3.8, 4) is 0 Å². The molecule has 0 unspecified atom stereocenters. The van der Waals surface area contributed by atoms with Crippen LogP contribution < -0.4 is 4.90 Å². The second-order valence-electron chi connectivity index (χ2n) is 4.73. The molecular formula is C14H17N5. The maximum absolute atomic E-state index is 4.23. The molecule has 19 heavy (non-hydrogen) atoms. The molecule has 0 radical (unpaired) electrons. The summed E-state index contributed by atoms with van der Waals surface area (Å²) in [5, 5.41) is 11.6. The van der Waals surface area contributed by atoms with Crippen molar-refractivity contribution in [1.29, 1.82) is 0 Å². The predicted molar refractivity (Wildman–Crippen MR) is 75.5 cm³/mol. The number of piperidine rings is 1. The molecule has 1 aromatic carbocycles. The van der Waals surface area contributed by atoms with Crippen molar-refractivity contribution in [3.05, 3.63) is 42.5 Å². The number of hydrogen-bond donors (Lipinski definition) is 0. The Balaban J connectivity index is 1.68. The summed E-state index contributed by atoms with van der Waals surface area (Å²) in [7, 11) is 0. The maximum atomic E-state index is 4.23. The highest BCUT2D eigenvalue weighted by Crippen LogP contribution is 2.19. The van der Waals surface area contributed by atoms with E-state index >= 15 is 0 Å². The second kappa shape index (κ2) is 5.65. The molecule has 5 nitrogen and oxygen atoms in total. The van der Waals surface area contributed by atoms with E-state index in [4.69, 9.17) is 0 Å². The van der Waals surface area contributed by atoms with Crippen LogP contribution in [0.15, 0.2) is 42.0 Å². The zero-order valence-corrected chi connectivity index (χ0v) is 10.8. The minimum atomic E-state index is 1.08. The fourth-order valence-corrected chi connectivity index (χ4v) is 2.31. The minimum absolute atomic E-state index is 1.08. The van der Waals surface area contributed by atoms with E-state index in [-0.39, 0.29) is 0 Å². The van der Waals surface area contributed by atoms with Crippen LogP contribution in [0.2, 0.25) is 0 Å². The third kappa shape index (κ3) is 2.99. The number of hydrogen-bond acceptors (Lipinski definition) is 4. The van der Waals surface area contributed by atoms with Gasteiger partial charge in [-0.05, 0) is 37.0 Å². The van der Waals surface area contributed by atoms with Crippen LogP contribution in [0.3, 0.4) is 0 Å². The summed E-state index contributed by atoms with van der Waals surface area (Å²) >= 11 is 0. The van der Waals surface area contributed by atoms with Gasteiger partial charge in [-0.15, -0.1) is 10.2 Å². The molecule has 0 saturated carbocycles. The molecule has 3 rings (SSSR count). The van der Waals surface area contributed by atoms with Crippen molar-refractivity contribution < 1.29 is 0 Å². The van der Waals surface area contributed by atoms with E-state index < -0.39 is 0 Å². The monoisotopic (exact) mass is 255 g/mol. The molecule has 0 aliphatic carbocycles. The highest BCUT2D eigenvalue weighted by molar-refractivity contribution is 5.80. The molecule has 1 aromatic heterocycles. The van der Waals surface area contributed by atoms with Gasteiger partial charge in [-0.3, -0.25) is 0 Å². The maximum Gasteiger partial charge on any atom is 0.141 e. The Hall–Kier alpha value is -2.17. The second-order valence-corrected chi connectivity index (χ2v) is 4.73. The molecule has 1 aliphatic heterocycles. The SMILES string of the molecule is C(=N/n1cnnc1)/c1ccc(N2CCCCC2)cc1. The van der Waals surface area contributed by atoms with Crippen molar-refractivity contribution in [2.24, 2.45) is 5.10 Å². The normalized spacial score (nSPS) is 16.1. The minimum Gasteiger partial charge on any atom is -0.372 e. The number of rotatable bonds is 3. The van der Waals surface area contributed by atoms with E-state index in [1.54, 1.807) is 17.3 Å². The molecule has 5 heteroatoms. The van der Waals surface area contributed by atoms with Gasteiger partial charge in [-0.2, -0.15) is 5.10 Å². The van der Waals surface area contributed by atoms with Gasteiger partial charge in [0.1, 0.15) is 12.7 Å². The van der Waals surface area contributed by atoms with Crippen molar-refractivity contribution in [3.63, 3.8) is 0 Å². The molecule has 2 aromatic rings. The van der Waals surface area contributed by atoms with Crippen LogP contribution in [0.5, 0.6) is 0 Å². The molecule has 1 fully saturated rings. The summed E-state index contributed by atoms with van der Waals surface area (Å²) in [6, 6.07) is 8.52. The lowest BCUT2D eigenvalue weighted by Gasteiger charge is -2.28. The Morgan fingerprint density at radius 2 is 1.63 bits per heavy atom. The summed E-state index contributed by atoms with van der Waals surface area (Å²) in [6.07, 6.45) is 8.91. The van der Waals surface area contributed by atoms with Crippen LogP contribution in [0.4, 0.5) is 5.69 Å². The summed E-state index contributed by atoms with van der Waals surface area (Å²) in [6.45, 7) is 2.35. The highest BCUT2D eigenvalue weighted by atomic mass is 15.4. The van der Waals surface area contributed by atoms with Gasteiger partial charge < -0.3 is 4.90 Å². The first-order valence-electron chi connectivity index (χ1n) is 6.66. The van der Waals surface area contributed by atoms with Crippen molar-refractivity contribution in [2.75, 3.05) is 18.0 Å². The van der Waals surface area contributed by atoms with Crippen LogP contribution >= 0.6 is 0 Å². The van der Waals surface area contributed by atoms with Gasteiger partial charge in [0.25, 0.3) is 0 Å². The lowest BCUT2D eigenvalue weighted by molar-refractivity contribution is 0.578. The summed E-state index contributed by atoms with van der Waals surface area (Å²) < 4.78 is 1.58. The average Bonchev–Trinajstić information content (AvgIpc) is 3.00. The molecule has 0 N–H and O–H groups in total. The Bertz CT molecular complexity index is 523. The third-order valence-electron chi connectivity index (χ3n) is 3.36. The Morgan fingerprint density at radius 1 is 0.947 bits per heavy atom. The lowest BCUT2D eigenvalue weighted by Crippen LogP contribution is -2.29. The van der Waals surface area contributed by atoms with Gasteiger partial charge in [0, 0.05) is 18.8 Å². The van der Waals surface area contributed by atoms with Crippen molar-refractivity contribution in [1.82, 2.24) is 14.9 Å². The third-order valence-corrected chi connectivity index (χ3v) is 3.36. The van der Waals surface area contributed by atoms with E-state index in [0.29, 0.717) is 0 Å². The zero-order chi connectivity index (χ0) is 12.9. The summed E-state index contributed by atoms with van der Waals surface area (Å²) in [4.78, 5) is 2.45. The number of benzene rings is 1. The molecule has 1 saturated heterocycles. The van der Waals surface area contributed by atoms with Crippen LogP contribution in [-0.2, 0) is 0 Å². The van der Waals surface area contributed by atoms with Crippen LogP contribution in [-0.4, -0.2) is 34.2 Å². The van der Waals surface area contributed by atoms with Crippen LogP contribution in [0.1, 0.15) is 24.8 Å². The first-order valence-corrected chi connectivity index (χ1v) is 6.66. The Morgan fingerprint density at radius 3 is 2.32 bits per heavy atom. The van der Waals surface area contributed by atoms with Gasteiger partial charge in [0.05, 0.1) is 6.21 Å². The Kier molecular flexibility index (Phi) is 3.54. The van der Waals surface area contributed by atoms with Gasteiger partial charge in [0.2, 0.25) is 0 Å². The van der Waals surface area contributed by atoms with E-state index in [9.17, 15) is 0 Å². The van der Waals surface area contributed by atoms with E-state index in [2.05, 4.69) is 44.5 Å². The summed E-state index contributed by atoms with van der Waals surface area (Å²) in [5.41, 5.74) is 2.38. The average molecular weight is 255 g/mol. The number of anilines is 1. The molecule has 0 bridgehead atoms. The smallest absolute Gasteiger partial charge is 0.141 e. The molecule has 2 heterocycles. The van der Waals surface area contributed by atoms with E-state index in [1.807, 2.05) is 6.21 Å². The topological polar surface area (TPSA) is 46.3 Å². The fraction of sp³-hybridized carbons (Fsp3) is 0.357. The van der Waals surface area contributed by atoms with E-state index in [1.165, 1.54) is 38.0 Å². The first kappa shape index (κ1) is 11.9. The number of aromatic nitrogens is 3. The van der Waals surface area contributed by atoms with Crippen molar-refractivity contribution in [2.45, 2.75) is 19.3 Å². The van der Waals surface area contributed by atoms with Gasteiger partial charge in [-0.1, -0.05) is 12.1 Å². The Labute approximate surface area is 112 Å². The fourth-order valence-electron chi connectivity index (χ4n) is 2.31. The van der Waals surface area contributed by atoms with Gasteiger partial charge in [0.15, 0.2) is 0 Å². The quantitative estimate of drug-likeness (QED) is 0.789. The van der Waals surface area contributed by atoms with Gasteiger partial charge in [-0.25, -0.2) is 4.68 Å². The van der Waals surface area contributed by atoms with E-state index in [0.717, 1.165) is 5.56 Å².